The quantitative estimate of drug-likeness (QED) is 0.506. The lowest BCUT2D eigenvalue weighted by molar-refractivity contribution is -0.137. The van der Waals surface area contributed by atoms with Crippen LogP contribution in [-0.4, -0.2) is 48.7 Å². The third-order valence-electron chi connectivity index (χ3n) is 3.58. The molecule has 0 aliphatic carbocycles. The molecular formula is C15H32N2O2. The molecule has 1 unspecified atom stereocenters. The van der Waals surface area contributed by atoms with Gasteiger partial charge in [-0.15, -0.1) is 0 Å². The Kier molecular flexibility index (Phi) is 12.0. The van der Waals surface area contributed by atoms with E-state index in [-0.39, 0.29) is 6.42 Å². The number of carbonyl (C=O) groups is 1. The molecule has 0 spiro atoms. The number of carboxylic acids is 1. The summed E-state index contributed by atoms with van der Waals surface area (Å²) in [6, 6.07) is 0.388. The molecule has 4 nitrogen and oxygen atoms in total. The predicted octanol–water partition coefficient (Wildman–Crippen LogP) is 2.73. The molecule has 0 fully saturated rings. The first-order valence-corrected chi connectivity index (χ1v) is 7.70. The van der Waals surface area contributed by atoms with Gasteiger partial charge in [0.15, 0.2) is 0 Å². The SMILES string of the molecule is CCCCCCCCNCC(C)N(C)CCC(=O)O. The van der Waals surface area contributed by atoms with Crippen molar-refractivity contribution in [3.05, 3.63) is 0 Å². The van der Waals surface area contributed by atoms with Gasteiger partial charge in [0.25, 0.3) is 0 Å². The average molecular weight is 272 g/mol. The molecular weight excluding hydrogens is 240 g/mol. The molecule has 0 bridgehead atoms. The molecule has 19 heavy (non-hydrogen) atoms. The van der Waals surface area contributed by atoms with Crippen molar-refractivity contribution in [1.82, 2.24) is 10.2 Å². The molecule has 0 saturated heterocycles. The van der Waals surface area contributed by atoms with E-state index in [1.54, 1.807) is 0 Å². The topological polar surface area (TPSA) is 52.6 Å². The molecule has 1 atom stereocenters. The van der Waals surface area contributed by atoms with Gasteiger partial charge in [-0.2, -0.15) is 0 Å². The highest BCUT2D eigenvalue weighted by Gasteiger charge is 2.09. The van der Waals surface area contributed by atoms with Crippen molar-refractivity contribution in [3.8, 4) is 0 Å². The lowest BCUT2D eigenvalue weighted by Gasteiger charge is -2.24. The molecule has 0 aromatic heterocycles. The van der Waals surface area contributed by atoms with E-state index in [0.29, 0.717) is 12.6 Å². The Morgan fingerprint density at radius 2 is 1.84 bits per heavy atom. The molecule has 0 rings (SSSR count). The number of rotatable bonds is 13. The fraction of sp³-hybridized carbons (Fsp3) is 0.933. The second kappa shape index (κ2) is 12.4. The fourth-order valence-electron chi connectivity index (χ4n) is 1.99. The standard InChI is InChI=1S/C15H32N2O2/c1-4-5-6-7-8-9-11-16-13-14(2)17(3)12-10-15(18)19/h14,16H,4-13H2,1-3H3,(H,18,19). The maximum absolute atomic E-state index is 10.5. The van der Waals surface area contributed by atoms with E-state index in [2.05, 4.69) is 24.1 Å². The Balaban J connectivity index is 3.37. The van der Waals surface area contributed by atoms with Crippen LogP contribution in [-0.2, 0) is 4.79 Å². The summed E-state index contributed by atoms with van der Waals surface area (Å²) in [4.78, 5) is 12.6. The van der Waals surface area contributed by atoms with E-state index in [4.69, 9.17) is 5.11 Å². The maximum atomic E-state index is 10.5. The smallest absolute Gasteiger partial charge is 0.304 e. The van der Waals surface area contributed by atoms with E-state index in [9.17, 15) is 4.79 Å². The summed E-state index contributed by atoms with van der Waals surface area (Å²) in [6.45, 7) is 7.00. The third-order valence-corrected chi connectivity index (χ3v) is 3.58. The molecule has 0 heterocycles. The third kappa shape index (κ3) is 12.2. The summed E-state index contributed by atoms with van der Waals surface area (Å²) < 4.78 is 0. The number of aliphatic carboxylic acids is 1. The minimum atomic E-state index is -0.723. The molecule has 0 radical (unpaired) electrons. The number of unbranched alkanes of at least 4 members (excludes halogenated alkanes) is 5. The first-order valence-electron chi connectivity index (χ1n) is 7.70. The summed E-state index contributed by atoms with van der Waals surface area (Å²) in [6.07, 6.45) is 8.16. The zero-order valence-electron chi connectivity index (χ0n) is 13.0. The van der Waals surface area contributed by atoms with Gasteiger partial charge >= 0.3 is 5.97 Å². The molecule has 0 aliphatic heterocycles. The number of nitrogens with one attached hydrogen (secondary N) is 1. The van der Waals surface area contributed by atoms with Crippen LogP contribution in [0.5, 0.6) is 0 Å². The van der Waals surface area contributed by atoms with Crippen LogP contribution in [0.4, 0.5) is 0 Å². The van der Waals surface area contributed by atoms with E-state index < -0.39 is 5.97 Å². The molecule has 2 N–H and O–H groups in total. The first-order chi connectivity index (χ1) is 9.07. The number of likely N-dealkylation sites (N-methyl/N-ethyl adjacent to an activating group) is 1. The van der Waals surface area contributed by atoms with Gasteiger partial charge in [0, 0.05) is 19.1 Å². The summed E-state index contributed by atoms with van der Waals surface area (Å²) in [5.41, 5.74) is 0. The molecule has 4 heteroatoms. The van der Waals surface area contributed by atoms with E-state index in [1.807, 2.05) is 7.05 Å². The summed E-state index contributed by atoms with van der Waals surface area (Å²) >= 11 is 0. The van der Waals surface area contributed by atoms with Crippen LogP contribution in [0, 0.1) is 0 Å². The minimum absolute atomic E-state index is 0.221. The fourth-order valence-corrected chi connectivity index (χ4v) is 1.99. The maximum Gasteiger partial charge on any atom is 0.304 e. The molecule has 0 aromatic carbocycles. The van der Waals surface area contributed by atoms with Crippen molar-refractivity contribution in [2.24, 2.45) is 0 Å². The van der Waals surface area contributed by atoms with Crippen LogP contribution in [0.15, 0.2) is 0 Å². The van der Waals surface area contributed by atoms with Crippen molar-refractivity contribution in [2.75, 3.05) is 26.7 Å². The van der Waals surface area contributed by atoms with Crippen LogP contribution in [0.2, 0.25) is 0 Å². The van der Waals surface area contributed by atoms with Crippen LogP contribution >= 0.6 is 0 Å². The van der Waals surface area contributed by atoms with Crippen molar-refractivity contribution < 1.29 is 9.90 Å². The highest BCUT2D eigenvalue weighted by atomic mass is 16.4. The van der Waals surface area contributed by atoms with Crippen molar-refractivity contribution >= 4 is 5.97 Å². The van der Waals surface area contributed by atoms with E-state index >= 15 is 0 Å². The highest BCUT2D eigenvalue weighted by Crippen LogP contribution is 2.04. The van der Waals surface area contributed by atoms with Crippen LogP contribution < -0.4 is 5.32 Å². The number of nitrogens with zero attached hydrogens (tertiary/aromatic N) is 1. The van der Waals surface area contributed by atoms with E-state index in [0.717, 1.165) is 13.1 Å². The number of hydrogen-bond donors (Lipinski definition) is 2. The lowest BCUT2D eigenvalue weighted by atomic mass is 10.1. The minimum Gasteiger partial charge on any atom is -0.481 e. The van der Waals surface area contributed by atoms with Crippen molar-refractivity contribution in [1.29, 1.82) is 0 Å². The number of hydrogen-bond acceptors (Lipinski definition) is 3. The first kappa shape index (κ1) is 18.4. The second-order valence-corrected chi connectivity index (χ2v) is 5.45. The van der Waals surface area contributed by atoms with Gasteiger partial charge in [0.1, 0.15) is 0 Å². The summed E-state index contributed by atoms with van der Waals surface area (Å²) in [5, 5.41) is 12.1. The van der Waals surface area contributed by atoms with Crippen molar-refractivity contribution in [3.63, 3.8) is 0 Å². The second-order valence-electron chi connectivity index (χ2n) is 5.45. The van der Waals surface area contributed by atoms with Gasteiger partial charge in [-0.05, 0) is 26.9 Å². The number of carboxylic acid groups (broad SMARTS) is 1. The van der Waals surface area contributed by atoms with Crippen LogP contribution in [0.25, 0.3) is 0 Å². The van der Waals surface area contributed by atoms with Crippen molar-refractivity contribution in [2.45, 2.75) is 64.8 Å². The molecule has 0 aliphatic rings. The Labute approximate surface area is 118 Å². The van der Waals surface area contributed by atoms with Gasteiger partial charge in [0.05, 0.1) is 6.42 Å². The monoisotopic (exact) mass is 272 g/mol. The normalized spacial score (nSPS) is 12.8. The Morgan fingerprint density at radius 1 is 1.21 bits per heavy atom. The zero-order chi connectivity index (χ0) is 14.5. The largest absolute Gasteiger partial charge is 0.481 e. The molecule has 114 valence electrons. The van der Waals surface area contributed by atoms with Crippen LogP contribution in [0.3, 0.4) is 0 Å². The Hall–Kier alpha value is -0.610. The van der Waals surface area contributed by atoms with Gasteiger partial charge in [0.2, 0.25) is 0 Å². The Bertz CT molecular complexity index is 222. The summed E-state index contributed by atoms with van der Waals surface area (Å²) in [5.74, 6) is -0.723. The van der Waals surface area contributed by atoms with Crippen LogP contribution in [0.1, 0.15) is 58.8 Å². The average Bonchev–Trinajstić information content (AvgIpc) is 2.38. The van der Waals surface area contributed by atoms with Gasteiger partial charge in [-0.3, -0.25) is 4.79 Å². The predicted molar refractivity (Wildman–Crippen MR) is 80.6 cm³/mol. The molecule has 0 aromatic rings. The molecule has 0 saturated carbocycles. The van der Waals surface area contributed by atoms with Gasteiger partial charge in [-0.1, -0.05) is 39.0 Å². The highest BCUT2D eigenvalue weighted by molar-refractivity contribution is 5.66. The van der Waals surface area contributed by atoms with Gasteiger partial charge in [-0.25, -0.2) is 0 Å². The van der Waals surface area contributed by atoms with Gasteiger partial charge < -0.3 is 15.3 Å². The summed E-state index contributed by atoms with van der Waals surface area (Å²) in [7, 11) is 1.99. The lowest BCUT2D eigenvalue weighted by Crippen LogP contribution is -2.39. The zero-order valence-corrected chi connectivity index (χ0v) is 13.0. The van der Waals surface area contributed by atoms with E-state index in [1.165, 1.54) is 38.5 Å². The molecule has 0 amide bonds. The Morgan fingerprint density at radius 3 is 2.47 bits per heavy atom.